The van der Waals surface area contributed by atoms with E-state index in [0.717, 1.165) is 6.07 Å². The number of nitrogens with one attached hydrogen (secondary N) is 1. The Morgan fingerprint density at radius 2 is 2.35 bits per heavy atom. The Bertz CT molecular complexity index is 482. The number of benzene rings is 1. The number of nitrogen functional groups attached to an aromatic ring is 1. The van der Waals surface area contributed by atoms with E-state index in [2.05, 4.69) is 27.2 Å². The first kappa shape index (κ1) is 13.5. The van der Waals surface area contributed by atoms with Gasteiger partial charge < -0.3 is 11.1 Å². The number of carbonyl (C=O) groups excluding carboxylic acids is 1. The smallest absolute Gasteiger partial charge is 0.252 e. The van der Waals surface area contributed by atoms with Crippen molar-refractivity contribution in [3.05, 3.63) is 28.0 Å². The monoisotopic (exact) mass is 298 g/mol. The Kier molecular flexibility index (Phi) is 4.53. The number of hydrogen-bond acceptors (Lipinski definition) is 2. The van der Waals surface area contributed by atoms with Gasteiger partial charge in [-0.3, -0.25) is 4.79 Å². The molecule has 0 heterocycles. The van der Waals surface area contributed by atoms with Crippen LogP contribution in [-0.4, -0.2) is 11.9 Å². The topological polar surface area (TPSA) is 55.1 Å². The second-order valence-electron chi connectivity index (χ2n) is 3.64. The summed E-state index contributed by atoms with van der Waals surface area (Å²) in [6, 6.07) is 2.30. The normalized spacial score (nSPS) is 11.6. The highest BCUT2D eigenvalue weighted by Crippen LogP contribution is 2.22. The Balaban J connectivity index is 2.90. The first-order valence-corrected chi connectivity index (χ1v) is 5.73. The lowest BCUT2D eigenvalue weighted by molar-refractivity contribution is 0.0940. The van der Waals surface area contributed by atoms with Gasteiger partial charge in [0.25, 0.3) is 5.91 Å². The Labute approximate surface area is 108 Å². The van der Waals surface area contributed by atoms with Crippen molar-refractivity contribution in [1.82, 2.24) is 5.32 Å². The fraction of sp³-hybridized carbons (Fsp3) is 0.250. The average molecular weight is 299 g/mol. The fourth-order valence-corrected chi connectivity index (χ4v) is 1.76. The maximum atomic E-state index is 13.1. The van der Waals surface area contributed by atoms with Crippen LogP contribution in [0.1, 0.15) is 23.7 Å². The van der Waals surface area contributed by atoms with E-state index < -0.39 is 5.82 Å². The molecule has 5 heteroatoms. The van der Waals surface area contributed by atoms with Crippen molar-refractivity contribution >= 4 is 27.5 Å². The molecule has 0 saturated heterocycles. The third-order valence-electron chi connectivity index (χ3n) is 2.13. The third kappa shape index (κ3) is 3.46. The van der Waals surface area contributed by atoms with Crippen LogP contribution in [0.2, 0.25) is 0 Å². The molecule has 1 unspecified atom stereocenters. The van der Waals surface area contributed by atoms with Crippen molar-refractivity contribution in [1.29, 1.82) is 0 Å². The SMILES string of the molecule is C#CCC(C)NC(=O)c1cc(N)c(F)cc1Br. The van der Waals surface area contributed by atoms with E-state index in [1.165, 1.54) is 6.07 Å². The molecular formula is C12H12BrFN2O. The van der Waals surface area contributed by atoms with Crippen LogP contribution in [-0.2, 0) is 0 Å². The average Bonchev–Trinajstić information content (AvgIpc) is 2.23. The van der Waals surface area contributed by atoms with Crippen molar-refractivity contribution in [2.45, 2.75) is 19.4 Å². The van der Waals surface area contributed by atoms with Crippen LogP contribution in [0, 0.1) is 18.2 Å². The molecule has 1 rings (SSSR count). The number of rotatable bonds is 3. The molecule has 0 aliphatic rings. The maximum absolute atomic E-state index is 13.1. The summed E-state index contributed by atoms with van der Waals surface area (Å²) < 4.78 is 13.4. The van der Waals surface area contributed by atoms with Gasteiger partial charge in [0.15, 0.2) is 0 Å². The van der Waals surface area contributed by atoms with Gasteiger partial charge >= 0.3 is 0 Å². The van der Waals surface area contributed by atoms with Gasteiger partial charge in [0.2, 0.25) is 0 Å². The summed E-state index contributed by atoms with van der Waals surface area (Å²) in [6.45, 7) is 1.79. The molecular weight excluding hydrogens is 287 g/mol. The highest BCUT2D eigenvalue weighted by atomic mass is 79.9. The van der Waals surface area contributed by atoms with E-state index in [-0.39, 0.29) is 23.2 Å². The lowest BCUT2D eigenvalue weighted by Gasteiger charge is -2.12. The number of amides is 1. The van der Waals surface area contributed by atoms with Crippen LogP contribution in [0.4, 0.5) is 10.1 Å². The minimum absolute atomic E-state index is 0.0667. The Hall–Kier alpha value is -1.54. The van der Waals surface area contributed by atoms with Crippen molar-refractivity contribution in [3.8, 4) is 12.3 Å². The molecule has 0 aliphatic carbocycles. The quantitative estimate of drug-likeness (QED) is 0.665. The van der Waals surface area contributed by atoms with Gasteiger partial charge in [0, 0.05) is 16.9 Å². The summed E-state index contributed by atoms with van der Waals surface area (Å²) in [5.74, 6) is 1.54. The molecule has 1 aromatic carbocycles. The first-order valence-electron chi connectivity index (χ1n) is 4.94. The molecule has 1 amide bonds. The van der Waals surface area contributed by atoms with E-state index in [1.807, 2.05) is 0 Å². The van der Waals surface area contributed by atoms with Crippen molar-refractivity contribution in [2.75, 3.05) is 5.73 Å². The van der Waals surface area contributed by atoms with E-state index in [4.69, 9.17) is 12.2 Å². The van der Waals surface area contributed by atoms with Crippen molar-refractivity contribution in [3.63, 3.8) is 0 Å². The molecule has 0 saturated carbocycles. The molecule has 1 atom stereocenters. The number of nitrogens with two attached hydrogens (primary N) is 1. The second-order valence-corrected chi connectivity index (χ2v) is 4.49. The highest BCUT2D eigenvalue weighted by molar-refractivity contribution is 9.10. The van der Waals surface area contributed by atoms with E-state index in [9.17, 15) is 9.18 Å². The molecule has 0 aliphatic heterocycles. The largest absolute Gasteiger partial charge is 0.396 e. The molecule has 1 aromatic rings. The molecule has 0 fully saturated rings. The zero-order valence-corrected chi connectivity index (χ0v) is 10.8. The van der Waals surface area contributed by atoms with E-state index in [0.29, 0.717) is 10.9 Å². The van der Waals surface area contributed by atoms with Crippen LogP contribution in [0.15, 0.2) is 16.6 Å². The number of carbonyl (C=O) groups is 1. The van der Waals surface area contributed by atoms with Gasteiger partial charge in [-0.05, 0) is 35.0 Å². The van der Waals surface area contributed by atoms with Crippen LogP contribution in [0.25, 0.3) is 0 Å². The van der Waals surface area contributed by atoms with Crippen molar-refractivity contribution < 1.29 is 9.18 Å². The Morgan fingerprint density at radius 3 is 2.94 bits per heavy atom. The summed E-state index contributed by atoms with van der Waals surface area (Å²) >= 11 is 3.11. The summed E-state index contributed by atoms with van der Waals surface area (Å²) in [5.41, 5.74) is 5.63. The molecule has 0 aromatic heterocycles. The van der Waals surface area contributed by atoms with Gasteiger partial charge in [-0.15, -0.1) is 12.3 Å². The summed E-state index contributed by atoms with van der Waals surface area (Å²) in [5, 5.41) is 2.70. The predicted octanol–water partition coefficient (Wildman–Crippen LogP) is 2.31. The number of terminal acetylenes is 1. The maximum Gasteiger partial charge on any atom is 0.252 e. The van der Waals surface area contributed by atoms with E-state index >= 15 is 0 Å². The zero-order valence-electron chi connectivity index (χ0n) is 9.26. The third-order valence-corrected chi connectivity index (χ3v) is 2.79. The summed E-state index contributed by atoms with van der Waals surface area (Å²) in [7, 11) is 0. The van der Waals surface area contributed by atoms with Crippen LogP contribution < -0.4 is 11.1 Å². The lowest BCUT2D eigenvalue weighted by atomic mass is 10.1. The first-order chi connectivity index (χ1) is 7.95. The van der Waals surface area contributed by atoms with Gasteiger partial charge in [0.05, 0.1) is 11.3 Å². The van der Waals surface area contributed by atoms with E-state index in [1.54, 1.807) is 6.92 Å². The lowest BCUT2D eigenvalue weighted by Crippen LogP contribution is -2.32. The molecule has 0 radical (unpaired) electrons. The van der Waals surface area contributed by atoms with Crippen molar-refractivity contribution in [2.24, 2.45) is 0 Å². The van der Waals surface area contributed by atoms with Crippen LogP contribution in [0.5, 0.6) is 0 Å². The number of halogens is 2. The fourth-order valence-electron chi connectivity index (χ4n) is 1.27. The Morgan fingerprint density at radius 1 is 1.71 bits per heavy atom. The standard InChI is InChI=1S/C12H12BrFN2O/c1-3-4-7(2)16-12(17)8-5-11(15)10(14)6-9(8)13/h1,5-7H,4,15H2,2H3,(H,16,17). The molecule has 0 spiro atoms. The second kappa shape index (κ2) is 5.69. The number of anilines is 1. The number of hydrogen-bond donors (Lipinski definition) is 2. The highest BCUT2D eigenvalue weighted by Gasteiger charge is 2.14. The van der Waals surface area contributed by atoms with Gasteiger partial charge in [-0.2, -0.15) is 0 Å². The summed E-state index contributed by atoms with van der Waals surface area (Å²) in [4.78, 5) is 11.8. The van der Waals surface area contributed by atoms with Gasteiger partial charge in [-0.25, -0.2) is 4.39 Å². The van der Waals surface area contributed by atoms with Crippen LogP contribution >= 0.6 is 15.9 Å². The molecule has 3 nitrogen and oxygen atoms in total. The summed E-state index contributed by atoms with van der Waals surface area (Å²) in [6.07, 6.45) is 5.57. The minimum Gasteiger partial charge on any atom is -0.396 e. The van der Waals surface area contributed by atoms with Gasteiger partial charge in [-0.1, -0.05) is 0 Å². The molecule has 90 valence electrons. The van der Waals surface area contributed by atoms with Gasteiger partial charge in [0.1, 0.15) is 5.82 Å². The molecule has 3 N–H and O–H groups in total. The predicted molar refractivity (Wildman–Crippen MR) is 68.9 cm³/mol. The minimum atomic E-state index is -0.565. The van der Waals surface area contributed by atoms with Crippen LogP contribution in [0.3, 0.4) is 0 Å². The zero-order chi connectivity index (χ0) is 13.0. The molecule has 0 bridgehead atoms. The molecule has 17 heavy (non-hydrogen) atoms.